The highest BCUT2D eigenvalue weighted by Gasteiger charge is 2.37. The predicted octanol–water partition coefficient (Wildman–Crippen LogP) is 3.51. The molecule has 0 aliphatic carbocycles. The van der Waals surface area contributed by atoms with Crippen molar-refractivity contribution in [1.29, 1.82) is 0 Å². The number of hydrogen-bond donors (Lipinski definition) is 4. The van der Waals surface area contributed by atoms with Gasteiger partial charge < -0.3 is 34.6 Å². The molecule has 0 bridgehead atoms. The summed E-state index contributed by atoms with van der Waals surface area (Å²) in [7, 11) is 0. The van der Waals surface area contributed by atoms with Crippen LogP contribution in [0.4, 0.5) is 4.79 Å². The largest absolute Gasteiger partial charge is 0.509 e. The smallest absolute Gasteiger partial charge is 0.508 e. The molecule has 0 saturated carbocycles. The summed E-state index contributed by atoms with van der Waals surface area (Å²) in [4.78, 5) is 12.2. The number of hydrogen-bond acceptors (Lipinski definition) is 8. The Kier molecular flexibility index (Phi) is 4.89. The molecule has 1 heterocycles. The van der Waals surface area contributed by atoms with Crippen LogP contribution in [0.5, 0.6) is 28.7 Å². The van der Waals surface area contributed by atoms with E-state index in [0.717, 1.165) is 0 Å². The zero-order valence-electron chi connectivity index (χ0n) is 15.7. The van der Waals surface area contributed by atoms with Gasteiger partial charge >= 0.3 is 6.16 Å². The van der Waals surface area contributed by atoms with Crippen LogP contribution < -0.4 is 4.74 Å². The van der Waals surface area contributed by atoms with Crippen LogP contribution in [0.3, 0.4) is 0 Å². The summed E-state index contributed by atoms with van der Waals surface area (Å²) in [5.74, 6) is -0.824. The van der Waals surface area contributed by atoms with Crippen molar-refractivity contribution in [3.8, 4) is 28.7 Å². The summed E-state index contributed by atoms with van der Waals surface area (Å²) >= 11 is 0. The van der Waals surface area contributed by atoms with Gasteiger partial charge in [0.2, 0.25) is 0 Å². The second kappa shape index (κ2) is 7.03. The third-order valence-electron chi connectivity index (χ3n) is 4.13. The molecule has 0 saturated heterocycles. The first-order valence-corrected chi connectivity index (χ1v) is 8.66. The molecule has 2 aromatic rings. The number of benzene rings is 2. The Morgan fingerprint density at radius 1 is 1.04 bits per heavy atom. The molecule has 0 amide bonds. The van der Waals surface area contributed by atoms with E-state index in [2.05, 4.69) is 0 Å². The fourth-order valence-electron chi connectivity index (χ4n) is 2.95. The number of rotatable bonds is 2. The lowest BCUT2D eigenvalue weighted by Gasteiger charge is -2.34. The van der Waals surface area contributed by atoms with Crippen molar-refractivity contribution in [2.75, 3.05) is 0 Å². The van der Waals surface area contributed by atoms with Crippen molar-refractivity contribution in [3.63, 3.8) is 0 Å². The number of phenolic OH excluding ortho intramolecular Hbond substituents is 4. The second-order valence-electron chi connectivity index (χ2n) is 7.55. The van der Waals surface area contributed by atoms with Gasteiger partial charge in [-0.1, -0.05) is 6.07 Å². The van der Waals surface area contributed by atoms with E-state index in [1.165, 1.54) is 30.3 Å². The third-order valence-corrected chi connectivity index (χ3v) is 4.13. The van der Waals surface area contributed by atoms with Crippen LogP contribution in [-0.4, -0.2) is 38.3 Å². The molecule has 4 N–H and O–H groups in total. The minimum atomic E-state index is -0.907. The summed E-state index contributed by atoms with van der Waals surface area (Å²) in [6, 6.07) is 6.59. The Hall–Kier alpha value is -3.29. The average Bonchev–Trinajstić information content (AvgIpc) is 2.55. The van der Waals surface area contributed by atoms with E-state index in [4.69, 9.17) is 14.2 Å². The maximum Gasteiger partial charge on any atom is 0.509 e. The molecule has 8 heteroatoms. The Morgan fingerprint density at radius 2 is 1.75 bits per heavy atom. The zero-order valence-corrected chi connectivity index (χ0v) is 15.7. The van der Waals surface area contributed by atoms with Crippen molar-refractivity contribution in [1.82, 2.24) is 0 Å². The van der Waals surface area contributed by atoms with Crippen molar-refractivity contribution < 1.29 is 39.4 Å². The number of fused-ring (bicyclic) bond motifs is 1. The van der Waals surface area contributed by atoms with E-state index in [-0.39, 0.29) is 35.2 Å². The predicted molar refractivity (Wildman–Crippen MR) is 97.7 cm³/mol. The molecule has 0 fully saturated rings. The van der Waals surface area contributed by atoms with E-state index < -0.39 is 24.0 Å². The van der Waals surface area contributed by atoms with E-state index in [1.54, 1.807) is 20.8 Å². The normalized spacial score (nSPS) is 18.7. The number of carbonyl (C=O) groups is 1. The summed E-state index contributed by atoms with van der Waals surface area (Å²) in [6.07, 6.45) is -2.57. The third kappa shape index (κ3) is 4.16. The zero-order chi connectivity index (χ0) is 20.6. The highest BCUT2D eigenvalue weighted by atomic mass is 16.7. The standard InChI is InChI=1S/C20H22O8/c1-20(2,3)28-19(25)27-17-9-12-14(23)7-11(21)8-16(12)26-18(17)10-4-5-13(22)15(24)6-10/h4-8,17-18,21-24H,9H2,1-3H3/t17-,18-/m1/s1. The lowest BCUT2D eigenvalue weighted by atomic mass is 9.93. The Morgan fingerprint density at radius 3 is 2.39 bits per heavy atom. The quantitative estimate of drug-likeness (QED) is 0.453. The summed E-state index contributed by atoms with van der Waals surface area (Å²) in [5.41, 5.74) is 0.0352. The molecule has 0 unspecified atom stereocenters. The van der Waals surface area contributed by atoms with Gasteiger partial charge in [-0.25, -0.2) is 4.79 Å². The van der Waals surface area contributed by atoms with Gasteiger partial charge in [0.1, 0.15) is 22.8 Å². The van der Waals surface area contributed by atoms with Crippen molar-refractivity contribution in [2.24, 2.45) is 0 Å². The van der Waals surface area contributed by atoms with Gasteiger partial charge in [0.25, 0.3) is 0 Å². The SMILES string of the molecule is CC(C)(C)OC(=O)O[C@@H]1Cc2c(O)cc(O)cc2O[C@@H]1c1ccc(O)c(O)c1. The second-order valence-corrected chi connectivity index (χ2v) is 7.55. The highest BCUT2D eigenvalue weighted by molar-refractivity contribution is 5.61. The molecule has 0 spiro atoms. The number of aromatic hydroxyl groups is 4. The maximum atomic E-state index is 12.2. The lowest BCUT2D eigenvalue weighted by molar-refractivity contribution is -0.0597. The molecule has 2 aromatic carbocycles. The molecular formula is C20H22O8. The minimum Gasteiger partial charge on any atom is -0.508 e. The molecule has 3 rings (SSSR count). The summed E-state index contributed by atoms with van der Waals surface area (Å²) in [5, 5.41) is 39.2. The maximum absolute atomic E-state index is 12.2. The van der Waals surface area contributed by atoms with E-state index >= 15 is 0 Å². The number of carbonyl (C=O) groups excluding carboxylic acids is 1. The van der Waals surface area contributed by atoms with Crippen LogP contribution in [0, 0.1) is 0 Å². The summed E-state index contributed by atoms with van der Waals surface area (Å²) < 4.78 is 16.5. The van der Waals surface area contributed by atoms with Crippen LogP contribution in [0.25, 0.3) is 0 Å². The van der Waals surface area contributed by atoms with Gasteiger partial charge in [-0.3, -0.25) is 0 Å². The van der Waals surface area contributed by atoms with Gasteiger partial charge in [-0.15, -0.1) is 0 Å². The molecule has 0 aromatic heterocycles. The van der Waals surface area contributed by atoms with Crippen molar-refractivity contribution >= 4 is 6.16 Å². The molecule has 2 atom stereocenters. The molecular weight excluding hydrogens is 368 g/mol. The number of ether oxygens (including phenoxy) is 3. The Labute approximate surface area is 161 Å². The molecule has 0 radical (unpaired) electrons. The van der Waals surface area contributed by atoms with Crippen molar-refractivity contribution in [3.05, 3.63) is 41.5 Å². The first-order valence-electron chi connectivity index (χ1n) is 8.66. The van der Waals surface area contributed by atoms with Gasteiger partial charge in [0, 0.05) is 29.7 Å². The minimum absolute atomic E-state index is 0.0903. The topological polar surface area (TPSA) is 126 Å². The first kappa shape index (κ1) is 19.5. The van der Waals surface area contributed by atoms with E-state index in [0.29, 0.717) is 11.1 Å². The fraction of sp³-hybridized carbons (Fsp3) is 0.350. The van der Waals surface area contributed by atoms with E-state index in [1.807, 2.05) is 0 Å². The average molecular weight is 390 g/mol. The molecule has 1 aliphatic heterocycles. The van der Waals surface area contributed by atoms with Gasteiger partial charge in [-0.05, 0) is 32.9 Å². The van der Waals surface area contributed by atoms with Crippen LogP contribution in [-0.2, 0) is 15.9 Å². The molecule has 8 nitrogen and oxygen atoms in total. The molecule has 150 valence electrons. The summed E-state index contributed by atoms with van der Waals surface area (Å²) in [6.45, 7) is 5.10. The van der Waals surface area contributed by atoms with Crippen LogP contribution in [0.2, 0.25) is 0 Å². The van der Waals surface area contributed by atoms with Gasteiger partial charge in [0.05, 0.1) is 0 Å². The Balaban J connectivity index is 1.97. The molecule has 28 heavy (non-hydrogen) atoms. The van der Waals surface area contributed by atoms with Gasteiger partial charge in [-0.2, -0.15) is 0 Å². The van der Waals surface area contributed by atoms with Crippen molar-refractivity contribution in [2.45, 2.75) is 45.0 Å². The monoisotopic (exact) mass is 390 g/mol. The highest BCUT2D eigenvalue weighted by Crippen LogP contribution is 2.43. The van der Waals surface area contributed by atoms with E-state index in [9.17, 15) is 25.2 Å². The van der Waals surface area contributed by atoms with Crippen LogP contribution in [0.1, 0.15) is 38.0 Å². The van der Waals surface area contributed by atoms with Crippen LogP contribution in [0.15, 0.2) is 30.3 Å². The number of phenols is 4. The Bertz CT molecular complexity index is 900. The first-order chi connectivity index (χ1) is 13.0. The molecule has 1 aliphatic rings. The lowest BCUT2D eigenvalue weighted by Crippen LogP contribution is -2.36. The van der Waals surface area contributed by atoms with Crippen LogP contribution >= 0.6 is 0 Å². The fourth-order valence-corrected chi connectivity index (χ4v) is 2.95. The van der Waals surface area contributed by atoms with Gasteiger partial charge in [0.15, 0.2) is 23.7 Å².